The smallest absolute Gasteiger partial charge is 0.327 e. The summed E-state index contributed by atoms with van der Waals surface area (Å²) in [6, 6.07) is 3.59. The molecule has 5 heteroatoms. The summed E-state index contributed by atoms with van der Waals surface area (Å²) in [4.78, 5) is 11.8. The number of ether oxygens (including phenoxy) is 1. The lowest BCUT2D eigenvalue weighted by Gasteiger charge is -2.18. The molecule has 94 valence electrons. The predicted molar refractivity (Wildman–Crippen MR) is 67.2 cm³/mol. The third-order valence-electron chi connectivity index (χ3n) is 2.20. The van der Waals surface area contributed by atoms with Crippen LogP contribution >= 0.6 is 15.9 Å². The van der Waals surface area contributed by atoms with Crippen LogP contribution in [0.5, 0.6) is 0 Å². The largest absolute Gasteiger partial charge is 0.465 e. The molecule has 0 fully saturated rings. The Morgan fingerprint density at radius 3 is 2.82 bits per heavy atom. The Morgan fingerprint density at radius 1 is 1.53 bits per heavy atom. The van der Waals surface area contributed by atoms with E-state index in [1.165, 1.54) is 12.1 Å². The quantitative estimate of drug-likeness (QED) is 0.850. The average Bonchev–Trinajstić information content (AvgIpc) is 2.30. The minimum Gasteiger partial charge on any atom is -0.465 e. The van der Waals surface area contributed by atoms with Gasteiger partial charge < -0.3 is 10.1 Å². The van der Waals surface area contributed by atoms with Crippen molar-refractivity contribution in [2.24, 2.45) is 0 Å². The third-order valence-corrected chi connectivity index (χ3v) is 2.92. The zero-order valence-corrected chi connectivity index (χ0v) is 11.4. The van der Waals surface area contributed by atoms with E-state index in [-0.39, 0.29) is 5.82 Å². The number of carbonyl (C=O) groups excluding carboxylic acids is 1. The Kier molecular flexibility index (Phi) is 5.58. The number of carbonyl (C=O) groups is 1. The molecule has 1 rings (SSSR count). The van der Waals surface area contributed by atoms with Crippen molar-refractivity contribution in [3.63, 3.8) is 0 Å². The standard InChI is InChI=1S/C12H15BrFNO2/c1-3-15-11(12(16)17-4-2)9-7-8(14)5-6-10(9)13/h5-7,11,15H,3-4H2,1-2H3. The van der Waals surface area contributed by atoms with Crippen LogP contribution in [0.2, 0.25) is 0 Å². The Labute approximate surface area is 108 Å². The van der Waals surface area contributed by atoms with Crippen LogP contribution in [0.3, 0.4) is 0 Å². The van der Waals surface area contributed by atoms with Crippen LogP contribution in [-0.2, 0) is 9.53 Å². The predicted octanol–water partition coefficient (Wildman–Crippen LogP) is 2.80. The van der Waals surface area contributed by atoms with Gasteiger partial charge in [0.15, 0.2) is 0 Å². The molecule has 0 aliphatic heterocycles. The highest BCUT2D eigenvalue weighted by Gasteiger charge is 2.23. The summed E-state index contributed by atoms with van der Waals surface area (Å²) in [5.74, 6) is -0.781. The number of hydrogen-bond acceptors (Lipinski definition) is 3. The van der Waals surface area contributed by atoms with Crippen molar-refractivity contribution in [2.75, 3.05) is 13.2 Å². The van der Waals surface area contributed by atoms with Gasteiger partial charge in [0.05, 0.1) is 6.61 Å². The monoisotopic (exact) mass is 303 g/mol. The topological polar surface area (TPSA) is 38.3 Å². The van der Waals surface area contributed by atoms with Crippen molar-refractivity contribution in [1.82, 2.24) is 5.32 Å². The van der Waals surface area contributed by atoms with Gasteiger partial charge in [-0.15, -0.1) is 0 Å². The fourth-order valence-corrected chi connectivity index (χ4v) is 1.96. The molecule has 0 aliphatic rings. The Hall–Kier alpha value is -0.940. The molecule has 17 heavy (non-hydrogen) atoms. The normalized spacial score (nSPS) is 12.2. The van der Waals surface area contributed by atoms with Gasteiger partial charge in [-0.25, -0.2) is 9.18 Å². The Balaban J connectivity index is 3.04. The van der Waals surface area contributed by atoms with Crippen LogP contribution in [0.25, 0.3) is 0 Å². The molecule has 0 heterocycles. The molecule has 0 spiro atoms. The summed E-state index contributed by atoms with van der Waals surface area (Å²) >= 11 is 3.31. The molecular weight excluding hydrogens is 289 g/mol. The van der Waals surface area contributed by atoms with Crippen LogP contribution in [0.4, 0.5) is 4.39 Å². The van der Waals surface area contributed by atoms with E-state index < -0.39 is 12.0 Å². The van der Waals surface area contributed by atoms with E-state index in [0.717, 1.165) is 0 Å². The van der Waals surface area contributed by atoms with Crippen molar-refractivity contribution in [3.8, 4) is 0 Å². The fourth-order valence-electron chi connectivity index (χ4n) is 1.49. The maximum Gasteiger partial charge on any atom is 0.327 e. The van der Waals surface area contributed by atoms with Gasteiger partial charge in [0.1, 0.15) is 11.9 Å². The number of likely N-dealkylation sites (N-methyl/N-ethyl adjacent to an activating group) is 1. The molecule has 0 radical (unpaired) electrons. The van der Waals surface area contributed by atoms with Crippen LogP contribution in [-0.4, -0.2) is 19.1 Å². The Morgan fingerprint density at radius 2 is 2.24 bits per heavy atom. The summed E-state index contributed by atoms with van der Waals surface area (Å²) in [6.07, 6.45) is 0. The molecule has 0 bridgehead atoms. The van der Waals surface area contributed by atoms with E-state index in [4.69, 9.17) is 4.74 Å². The van der Waals surface area contributed by atoms with Crippen LogP contribution in [0.15, 0.2) is 22.7 Å². The third kappa shape index (κ3) is 3.78. The first-order chi connectivity index (χ1) is 8.10. The molecule has 1 unspecified atom stereocenters. The van der Waals surface area contributed by atoms with Gasteiger partial charge in [-0.05, 0) is 37.2 Å². The van der Waals surface area contributed by atoms with Gasteiger partial charge in [-0.3, -0.25) is 0 Å². The number of rotatable bonds is 5. The molecule has 0 saturated heterocycles. The molecule has 1 N–H and O–H groups in total. The molecule has 0 amide bonds. The van der Waals surface area contributed by atoms with E-state index in [2.05, 4.69) is 21.2 Å². The molecule has 0 aliphatic carbocycles. The molecular formula is C12H15BrFNO2. The van der Waals surface area contributed by atoms with Gasteiger partial charge >= 0.3 is 5.97 Å². The zero-order chi connectivity index (χ0) is 12.8. The first kappa shape index (κ1) is 14.1. The van der Waals surface area contributed by atoms with Gasteiger partial charge in [-0.1, -0.05) is 22.9 Å². The summed E-state index contributed by atoms with van der Waals surface area (Å²) in [5, 5.41) is 2.98. The lowest BCUT2D eigenvalue weighted by molar-refractivity contribution is -0.145. The highest BCUT2D eigenvalue weighted by molar-refractivity contribution is 9.10. The maximum atomic E-state index is 13.2. The first-order valence-electron chi connectivity index (χ1n) is 5.45. The molecule has 0 saturated carbocycles. The van der Waals surface area contributed by atoms with Crippen LogP contribution in [0.1, 0.15) is 25.5 Å². The second-order valence-electron chi connectivity index (χ2n) is 3.41. The summed E-state index contributed by atoms with van der Waals surface area (Å²) < 4.78 is 18.8. The van der Waals surface area contributed by atoms with Gasteiger partial charge in [0.2, 0.25) is 0 Å². The second kappa shape index (κ2) is 6.71. The van der Waals surface area contributed by atoms with Crippen LogP contribution < -0.4 is 5.32 Å². The number of benzene rings is 1. The van der Waals surface area contributed by atoms with E-state index in [1.54, 1.807) is 13.0 Å². The zero-order valence-electron chi connectivity index (χ0n) is 9.80. The van der Waals surface area contributed by atoms with Crippen molar-refractivity contribution < 1.29 is 13.9 Å². The van der Waals surface area contributed by atoms with Gasteiger partial charge in [-0.2, -0.15) is 0 Å². The van der Waals surface area contributed by atoms with Crippen molar-refractivity contribution in [2.45, 2.75) is 19.9 Å². The first-order valence-corrected chi connectivity index (χ1v) is 6.24. The second-order valence-corrected chi connectivity index (χ2v) is 4.26. The Bertz CT molecular complexity index is 398. The van der Waals surface area contributed by atoms with Gasteiger partial charge in [0.25, 0.3) is 0 Å². The van der Waals surface area contributed by atoms with E-state index in [1.807, 2.05) is 6.92 Å². The van der Waals surface area contributed by atoms with Crippen molar-refractivity contribution >= 4 is 21.9 Å². The number of hydrogen-bond donors (Lipinski definition) is 1. The van der Waals surface area contributed by atoms with E-state index in [9.17, 15) is 9.18 Å². The summed E-state index contributed by atoms with van der Waals surface area (Å²) in [5.41, 5.74) is 0.547. The minimum absolute atomic E-state index is 0.299. The molecule has 1 atom stereocenters. The average molecular weight is 304 g/mol. The summed E-state index contributed by atoms with van der Waals surface area (Å²) in [7, 11) is 0. The van der Waals surface area contributed by atoms with Gasteiger partial charge in [0, 0.05) is 4.47 Å². The lowest BCUT2D eigenvalue weighted by atomic mass is 10.1. The highest BCUT2D eigenvalue weighted by Crippen LogP contribution is 2.25. The highest BCUT2D eigenvalue weighted by atomic mass is 79.9. The molecule has 1 aromatic carbocycles. The fraction of sp³-hybridized carbons (Fsp3) is 0.417. The number of esters is 1. The maximum absolute atomic E-state index is 13.2. The molecule has 1 aromatic rings. The molecule has 0 aromatic heterocycles. The minimum atomic E-state index is -0.648. The van der Waals surface area contributed by atoms with E-state index in [0.29, 0.717) is 23.2 Å². The van der Waals surface area contributed by atoms with E-state index >= 15 is 0 Å². The number of nitrogens with one attached hydrogen (secondary N) is 1. The SMILES string of the molecule is CCNC(C(=O)OCC)c1cc(F)ccc1Br. The lowest BCUT2D eigenvalue weighted by Crippen LogP contribution is -2.30. The van der Waals surface area contributed by atoms with Crippen LogP contribution in [0, 0.1) is 5.82 Å². The van der Waals surface area contributed by atoms with Crippen molar-refractivity contribution in [1.29, 1.82) is 0 Å². The van der Waals surface area contributed by atoms with Crippen molar-refractivity contribution in [3.05, 3.63) is 34.1 Å². The summed E-state index contributed by atoms with van der Waals surface area (Å²) in [6.45, 7) is 4.50. The number of halogens is 2. The molecule has 3 nitrogen and oxygen atoms in total.